The van der Waals surface area contributed by atoms with E-state index in [-0.39, 0.29) is 0 Å². The van der Waals surface area contributed by atoms with E-state index in [0.29, 0.717) is 0 Å². The fourth-order valence-electron chi connectivity index (χ4n) is 1.55. The highest BCUT2D eigenvalue weighted by molar-refractivity contribution is 5.79. The highest BCUT2D eigenvalue weighted by Gasteiger charge is 2.04. The summed E-state index contributed by atoms with van der Waals surface area (Å²) < 4.78 is 0. The first kappa shape index (κ1) is 14.4. The maximum absolute atomic E-state index is 5.49. The fraction of sp³-hybridized carbons (Fsp3) is 0.538. The number of pyridine rings is 1. The van der Waals surface area contributed by atoms with E-state index < -0.39 is 0 Å². The lowest BCUT2D eigenvalue weighted by molar-refractivity contribution is 0.482. The van der Waals surface area contributed by atoms with Gasteiger partial charge < -0.3 is 4.90 Å². The molecule has 0 saturated carbocycles. The van der Waals surface area contributed by atoms with Gasteiger partial charge in [0.05, 0.1) is 0 Å². The topological polar surface area (TPSA) is 66.5 Å². The van der Waals surface area contributed by atoms with Gasteiger partial charge in [0.1, 0.15) is 0 Å². The standard InChI is InChI=1S/C13H23N5/c1-3-4-9-16-13(17-14)18(2)11-8-12-7-5-6-10-15-12/h5-7,10H,3-4,8-9,11,14H2,1-2H3,(H,16,17). The second-order valence-corrected chi connectivity index (χ2v) is 4.20. The SMILES string of the molecule is CCCCN=C(NN)N(C)CCc1ccccn1. The molecule has 0 amide bonds. The Bertz CT molecular complexity index is 350. The summed E-state index contributed by atoms with van der Waals surface area (Å²) in [6.07, 6.45) is 4.91. The quantitative estimate of drug-likeness (QED) is 0.261. The van der Waals surface area contributed by atoms with Crippen molar-refractivity contribution in [1.29, 1.82) is 0 Å². The Morgan fingerprint density at radius 2 is 2.33 bits per heavy atom. The minimum absolute atomic E-state index is 0.736. The van der Waals surface area contributed by atoms with Crippen LogP contribution in [0.2, 0.25) is 0 Å². The normalized spacial score (nSPS) is 11.4. The third-order valence-corrected chi connectivity index (χ3v) is 2.69. The molecule has 0 radical (unpaired) electrons. The number of aromatic nitrogens is 1. The fourth-order valence-corrected chi connectivity index (χ4v) is 1.55. The van der Waals surface area contributed by atoms with Gasteiger partial charge in [-0.2, -0.15) is 0 Å². The van der Waals surface area contributed by atoms with Crippen LogP contribution in [0.25, 0.3) is 0 Å². The van der Waals surface area contributed by atoms with Crippen LogP contribution in [0.15, 0.2) is 29.4 Å². The number of guanidine groups is 1. The molecule has 0 saturated heterocycles. The highest BCUT2D eigenvalue weighted by Crippen LogP contribution is 1.97. The first-order chi connectivity index (χ1) is 8.77. The van der Waals surface area contributed by atoms with Gasteiger partial charge in [0, 0.05) is 38.4 Å². The second kappa shape index (κ2) is 8.47. The molecule has 0 aliphatic heterocycles. The van der Waals surface area contributed by atoms with Crippen LogP contribution in [0.3, 0.4) is 0 Å². The number of nitrogens with two attached hydrogens (primary N) is 1. The molecule has 100 valence electrons. The van der Waals surface area contributed by atoms with Gasteiger partial charge in [-0.3, -0.25) is 15.4 Å². The van der Waals surface area contributed by atoms with Crippen molar-refractivity contribution in [3.8, 4) is 0 Å². The summed E-state index contributed by atoms with van der Waals surface area (Å²) in [5, 5.41) is 0. The van der Waals surface area contributed by atoms with Crippen molar-refractivity contribution in [3.05, 3.63) is 30.1 Å². The Hall–Kier alpha value is -1.62. The summed E-state index contributed by atoms with van der Waals surface area (Å²) in [6.45, 7) is 3.80. The molecule has 5 heteroatoms. The second-order valence-electron chi connectivity index (χ2n) is 4.20. The Kier molecular flexibility index (Phi) is 6.79. The van der Waals surface area contributed by atoms with E-state index in [4.69, 9.17) is 5.84 Å². The molecule has 1 heterocycles. The molecule has 0 aromatic carbocycles. The first-order valence-corrected chi connectivity index (χ1v) is 6.40. The van der Waals surface area contributed by atoms with Gasteiger partial charge in [-0.1, -0.05) is 19.4 Å². The number of hydrazine groups is 1. The molecular formula is C13H23N5. The lowest BCUT2D eigenvalue weighted by Crippen LogP contribution is -2.43. The number of hydrogen-bond acceptors (Lipinski definition) is 3. The smallest absolute Gasteiger partial charge is 0.208 e. The van der Waals surface area contributed by atoms with Gasteiger partial charge in [-0.25, -0.2) is 5.84 Å². The minimum atomic E-state index is 0.736. The minimum Gasteiger partial charge on any atom is -0.345 e. The van der Waals surface area contributed by atoms with Crippen LogP contribution in [0, 0.1) is 0 Å². The lowest BCUT2D eigenvalue weighted by atomic mass is 10.2. The number of nitrogens with one attached hydrogen (secondary N) is 1. The molecule has 0 atom stereocenters. The van der Waals surface area contributed by atoms with Gasteiger partial charge in [-0.15, -0.1) is 0 Å². The molecule has 0 bridgehead atoms. The van der Waals surface area contributed by atoms with Crippen molar-refractivity contribution in [3.63, 3.8) is 0 Å². The van der Waals surface area contributed by atoms with E-state index in [1.54, 1.807) is 0 Å². The molecule has 0 aliphatic rings. The molecule has 1 aromatic heterocycles. The summed E-state index contributed by atoms with van der Waals surface area (Å²) in [6, 6.07) is 5.95. The van der Waals surface area contributed by atoms with Crippen LogP contribution >= 0.6 is 0 Å². The maximum atomic E-state index is 5.49. The molecular weight excluding hydrogens is 226 g/mol. The van der Waals surface area contributed by atoms with Crippen molar-refractivity contribution < 1.29 is 0 Å². The average molecular weight is 249 g/mol. The Balaban J connectivity index is 2.42. The number of rotatable bonds is 6. The Morgan fingerprint density at radius 1 is 1.50 bits per heavy atom. The third-order valence-electron chi connectivity index (χ3n) is 2.69. The van der Waals surface area contributed by atoms with Crippen molar-refractivity contribution in [2.75, 3.05) is 20.1 Å². The Morgan fingerprint density at radius 3 is 2.94 bits per heavy atom. The molecule has 0 spiro atoms. The maximum Gasteiger partial charge on any atom is 0.208 e. The highest BCUT2D eigenvalue weighted by atomic mass is 15.4. The van der Waals surface area contributed by atoms with Crippen LogP contribution in [-0.2, 0) is 6.42 Å². The average Bonchev–Trinajstić information content (AvgIpc) is 2.42. The third kappa shape index (κ3) is 5.14. The van der Waals surface area contributed by atoms with Gasteiger partial charge in [0.25, 0.3) is 0 Å². The van der Waals surface area contributed by atoms with Crippen molar-refractivity contribution in [2.24, 2.45) is 10.8 Å². The lowest BCUT2D eigenvalue weighted by Gasteiger charge is -2.20. The molecule has 1 aromatic rings. The van der Waals surface area contributed by atoms with E-state index >= 15 is 0 Å². The van der Waals surface area contributed by atoms with Crippen molar-refractivity contribution in [1.82, 2.24) is 15.3 Å². The molecule has 1 rings (SSSR count). The number of aliphatic imine (C=N–C) groups is 1. The Labute approximate surface area is 109 Å². The summed E-state index contributed by atoms with van der Waals surface area (Å²) >= 11 is 0. The van der Waals surface area contributed by atoms with E-state index in [9.17, 15) is 0 Å². The number of hydrogen-bond donors (Lipinski definition) is 2. The largest absolute Gasteiger partial charge is 0.345 e. The molecule has 0 unspecified atom stereocenters. The van der Waals surface area contributed by atoms with Crippen molar-refractivity contribution >= 4 is 5.96 Å². The van der Waals surface area contributed by atoms with Crippen molar-refractivity contribution in [2.45, 2.75) is 26.2 Å². The molecule has 18 heavy (non-hydrogen) atoms. The van der Waals surface area contributed by atoms with Crippen LogP contribution < -0.4 is 11.3 Å². The van der Waals surface area contributed by atoms with E-state index in [1.165, 1.54) is 0 Å². The zero-order valence-corrected chi connectivity index (χ0v) is 11.3. The van der Waals surface area contributed by atoms with Gasteiger partial charge in [0.2, 0.25) is 5.96 Å². The first-order valence-electron chi connectivity index (χ1n) is 6.40. The number of nitrogens with zero attached hydrogens (tertiary/aromatic N) is 3. The van der Waals surface area contributed by atoms with Gasteiger partial charge >= 0.3 is 0 Å². The zero-order valence-electron chi connectivity index (χ0n) is 11.3. The molecule has 0 fully saturated rings. The van der Waals surface area contributed by atoms with E-state index in [0.717, 1.165) is 44.0 Å². The summed E-state index contributed by atoms with van der Waals surface area (Å²) in [5.74, 6) is 6.22. The zero-order chi connectivity index (χ0) is 13.2. The summed E-state index contributed by atoms with van der Waals surface area (Å²) in [7, 11) is 1.98. The summed E-state index contributed by atoms with van der Waals surface area (Å²) in [5.41, 5.74) is 3.73. The molecule has 0 aliphatic carbocycles. The van der Waals surface area contributed by atoms with Crippen LogP contribution in [0.5, 0.6) is 0 Å². The van der Waals surface area contributed by atoms with Gasteiger partial charge in [-0.05, 0) is 18.6 Å². The molecule has 3 N–H and O–H groups in total. The number of likely N-dealkylation sites (N-methyl/N-ethyl adjacent to an activating group) is 1. The number of unbranched alkanes of at least 4 members (excludes halogenated alkanes) is 1. The monoisotopic (exact) mass is 249 g/mol. The van der Waals surface area contributed by atoms with Crippen LogP contribution in [-0.4, -0.2) is 36.0 Å². The van der Waals surface area contributed by atoms with Crippen LogP contribution in [0.1, 0.15) is 25.5 Å². The van der Waals surface area contributed by atoms with E-state index in [1.807, 2.05) is 36.3 Å². The summed E-state index contributed by atoms with van der Waals surface area (Å²) in [4.78, 5) is 10.7. The van der Waals surface area contributed by atoms with Gasteiger partial charge in [0.15, 0.2) is 0 Å². The van der Waals surface area contributed by atoms with E-state index in [2.05, 4.69) is 22.3 Å². The predicted molar refractivity (Wildman–Crippen MR) is 75.1 cm³/mol. The predicted octanol–water partition coefficient (Wildman–Crippen LogP) is 1.18. The molecule has 5 nitrogen and oxygen atoms in total. The van der Waals surface area contributed by atoms with Crippen LogP contribution in [0.4, 0.5) is 0 Å².